The monoisotopic (exact) mass is 392 g/mol. The van der Waals surface area contributed by atoms with Gasteiger partial charge in [0.2, 0.25) is 11.0 Å². The quantitative estimate of drug-likeness (QED) is 0.715. The van der Waals surface area contributed by atoms with Crippen LogP contribution in [0.5, 0.6) is 0 Å². The predicted molar refractivity (Wildman–Crippen MR) is 110 cm³/mol. The van der Waals surface area contributed by atoms with Gasteiger partial charge in [-0.1, -0.05) is 54.7 Å². The Morgan fingerprint density at radius 2 is 1.89 bits per heavy atom. The van der Waals surface area contributed by atoms with Crippen molar-refractivity contribution in [1.29, 1.82) is 0 Å². The second kappa shape index (κ2) is 7.90. The van der Waals surface area contributed by atoms with Gasteiger partial charge in [-0.3, -0.25) is 14.9 Å². The predicted octanol–water partition coefficient (Wildman–Crippen LogP) is 3.87. The molecule has 142 valence electrons. The first kappa shape index (κ1) is 18.3. The fourth-order valence-electron chi connectivity index (χ4n) is 3.39. The molecule has 6 nitrogen and oxygen atoms in total. The minimum absolute atomic E-state index is 0.0164. The summed E-state index contributed by atoms with van der Waals surface area (Å²) >= 11 is 1.33. The van der Waals surface area contributed by atoms with Crippen LogP contribution in [0.25, 0.3) is 0 Å². The van der Waals surface area contributed by atoms with Crippen molar-refractivity contribution >= 4 is 34.0 Å². The van der Waals surface area contributed by atoms with Gasteiger partial charge in [0.1, 0.15) is 5.01 Å². The largest absolute Gasteiger partial charge is 0.311 e. The van der Waals surface area contributed by atoms with Crippen molar-refractivity contribution in [1.82, 2.24) is 10.2 Å². The molecule has 1 atom stereocenters. The van der Waals surface area contributed by atoms with Crippen molar-refractivity contribution in [2.24, 2.45) is 0 Å². The van der Waals surface area contributed by atoms with Gasteiger partial charge in [0.25, 0.3) is 5.91 Å². The lowest BCUT2D eigenvalue weighted by Gasteiger charge is -2.19. The molecule has 0 spiro atoms. The molecular weight excluding hydrogens is 372 g/mol. The van der Waals surface area contributed by atoms with E-state index in [-0.39, 0.29) is 17.7 Å². The van der Waals surface area contributed by atoms with E-state index >= 15 is 0 Å². The molecule has 2 amide bonds. The third-order valence-electron chi connectivity index (χ3n) is 4.83. The van der Waals surface area contributed by atoms with Crippen LogP contribution in [0.2, 0.25) is 0 Å². The zero-order valence-electron chi connectivity index (χ0n) is 15.5. The van der Waals surface area contributed by atoms with Gasteiger partial charge >= 0.3 is 0 Å². The van der Waals surface area contributed by atoms with Crippen molar-refractivity contribution < 1.29 is 9.59 Å². The Morgan fingerprint density at radius 3 is 2.68 bits per heavy atom. The molecule has 1 N–H and O–H groups in total. The normalized spacial score (nSPS) is 16.4. The Kier molecular flexibility index (Phi) is 5.16. The van der Waals surface area contributed by atoms with Crippen LogP contribution < -0.4 is 10.2 Å². The second-order valence-electron chi connectivity index (χ2n) is 6.65. The topological polar surface area (TPSA) is 75.2 Å². The molecular formula is C21H20N4O2S. The Hall–Kier alpha value is -3.06. The van der Waals surface area contributed by atoms with Crippen LogP contribution in [0, 0.1) is 0 Å². The molecule has 1 aliphatic heterocycles. The average Bonchev–Trinajstić information content (AvgIpc) is 3.35. The molecule has 0 saturated carbocycles. The third kappa shape index (κ3) is 3.66. The van der Waals surface area contributed by atoms with Gasteiger partial charge in [-0.25, -0.2) is 0 Å². The SMILES string of the molecule is CCc1ccccc1N1CC(c2nnc(NC(=O)c3ccccc3)s2)CC1=O. The van der Waals surface area contributed by atoms with Gasteiger partial charge in [-0.05, 0) is 30.2 Å². The highest BCUT2D eigenvalue weighted by Crippen LogP contribution is 2.35. The summed E-state index contributed by atoms with van der Waals surface area (Å²) in [5, 5.41) is 12.3. The van der Waals surface area contributed by atoms with Crippen LogP contribution in [0.4, 0.5) is 10.8 Å². The summed E-state index contributed by atoms with van der Waals surface area (Å²) < 4.78 is 0. The van der Waals surface area contributed by atoms with Gasteiger partial charge in [-0.15, -0.1) is 10.2 Å². The smallest absolute Gasteiger partial charge is 0.257 e. The lowest BCUT2D eigenvalue weighted by Crippen LogP contribution is -2.25. The molecule has 28 heavy (non-hydrogen) atoms. The van der Waals surface area contributed by atoms with Gasteiger partial charge in [0.15, 0.2) is 0 Å². The number of para-hydroxylation sites is 1. The first-order valence-electron chi connectivity index (χ1n) is 9.23. The Bertz CT molecular complexity index is 1000. The number of amides is 2. The van der Waals surface area contributed by atoms with Gasteiger partial charge in [0, 0.05) is 30.1 Å². The Balaban J connectivity index is 1.47. The zero-order valence-corrected chi connectivity index (χ0v) is 16.3. The van der Waals surface area contributed by atoms with Crippen molar-refractivity contribution in [3.63, 3.8) is 0 Å². The van der Waals surface area contributed by atoms with Crippen molar-refractivity contribution in [2.45, 2.75) is 25.7 Å². The lowest BCUT2D eigenvalue weighted by molar-refractivity contribution is -0.117. The molecule has 0 radical (unpaired) electrons. The second-order valence-corrected chi connectivity index (χ2v) is 7.66. The standard InChI is InChI=1S/C21H20N4O2S/c1-2-14-8-6-7-11-17(14)25-13-16(12-18(25)26)20-23-24-21(28-20)22-19(27)15-9-4-3-5-10-15/h3-11,16H,2,12-13H2,1H3,(H,22,24,27). The molecule has 1 aliphatic rings. The summed E-state index contributed by atoms with van der Waals surface area (Å²) in [6.07, 6.45) is 1.28. The Morgan fingerprint density at radius 1 is 1.14 bits per heavy atom. The minimum Gasteiger partial charge on any atom is -0.311 e. The zero-order chi connectivity index (χ0) is 19.5. The lowest BCUT2D eigenvalue weighted by atomic mass is 10.1. The number of rotatable bonds is 5. The van der Waals surface area contributed by atoms with E-state index in [1.54, 1.807) is 12.1 Å². The van der Waals surface area contributed by atoms with E-state index in [9.17, 15) is 9.59 Å². The number of nitrogens with zero attached hydrogens (tertiary/aromatic N) is 3. The molecule has 2 aromatic carbocycles. The van der Waals surface area contributed by atoms with E-state index < -0.39 is 0 Å². The number of anilines is 2. The van der Waals surface area contributed by atoms with Gasteiger partial charge < -0.3 is 4.90 Å². The number of nitrogens with one attached hydrogen (secondary N) is 1. The van der Waals surface area contributed by atoms with Crippen LogP contribution >= 0.6 is 11.3 Å². The fraction of sp³-hybridized carbons (Fsp3) is 0.238. The van der Waals surface area contributed by atoms with Gasteiger partial charge in [-0.2, -0.15) is 0 Å². The number of benzene rings is 2. The van der Waals surface area contributed by atoms with E-state index in [2.05, 4.69) is 28.5 Å². The Labute approximate surface area is 167 Å². The fourth-order valence-corrected chi connectivity index (χ4v) is 4.22. The number of carbonyl (C=O) groups is 2. The number of aromatic nitrogens is 2. The van der Waals surface area contributed by atoms with E-state index in [0.717, 1.165) is 22.7 Å². The molecule has 0 aliphatic carbocycles. The first-order valence-corrected chi connectivity index (χ1v) is 10.1. The van der Waals surface area contributed by atoms with Gasteiger partial charge in [0.05, 0.1) is 0 Å². The molecule has 1 unspecified atom stereocenters. The average molecular weight is 392 g/mol. The highest BCUT2D eigenvalue weighted by atomic mass is 32.1. The highest BCUT2D eigenvalue weighted by molar-refractivity contribution is 7.15. The van der Waals surface area contributed by atoms with Crippen molar-refractivity contribution in [3.05, 3.63) is 70.7 Å². The van der Waals surface area contributed by atoms with E-state index in [4.69, 9.17) is 0 Å². The number of hydrogen-bond acceptors (Lipinski definition) is 5. The van der Waals surface area contributed by atoms with Crippen LogP contribution in [0.3, 0.4) is 0 Å². The molecule has 2 heterocycles. The summed E-state index contributed by atoms with van der Waals surface area (Å²) in [6.45, 7) is 2.67. The maximum atomic E-state index is 12.6. The summed E-state index contributed by atoms with van der Waals surface area (Å²) in [5.74, 6) is -0.141. The molecule has 7 heteroatoms. The number of carbonyl (C=O) groups excluding carboxylic acids is 2. The molecule has 0 bridgehead atoms. The number of aryl methyl sites for hydroxylation is 1. The summed E-state index contributed by atoms with van der Waals surface area (Å²) in [7, 11) is 0. The summed E-state index contributed by atoms with van der Waals surface area (Å²) in [5.41, 5.74) is 2.70. The summed E-state index contributed by atoms with van der Waals surface area (Å²) in [6, 6.07) is 17.0. The first-order chi connectivity index (χ1) is 13.7. The minimum atomic E-state index is -0.218. The third-order valence-corrected chi connectivity index (χ3v) is 5.84. The van der Waals surface area contributed by atoms with Crippen LogP contribution in [0.1, 0.15) is 40.2 Å². The van der Waals surface area contributed by atoms with Crippen molar-refractivity contribution in [3.8, 4) is 0 Å². The number of hydrogen-bond donors (Lipinski definition) is 1. The maximum Gasteiger partial charge on any atom is 0.257 e. The molecule has 1 saturated heterocycles. The molecule has 1 aromatic heterocycles. The van der Waals surface area contributed by atoms with E-state index in [0.29, 0.717) is 23.7 Å². The highest BCUT2D eigenvalue weighted by Gasteiger charge is 2.34. The molecule has 1 fully saturated rings. The van der Waals surface area contributed by atoms with E-state index in [1.807, 2.05) is 41.3 Å². The van der Waals surface area contributed by atoms with E-state index in [1.165, 1.54) is 11.3 Å². The van der Waals surface area contributed by atoms with Crippen LogP contribution in [-0.4, -0.2) is 28.6 Å². The van der Waals surface area contributed by atoms with Crippen LogP contribution in [-0.2, 0) is 11.2 Å². The molecule has 3 aromatic rings. The summed E-state index contributed by atoms with van der Waals surface area (Å²) in [4.78, 5) is 26.7. The molecule has 4 rings (SSSR count). The van der Waals surface area contributed by atoms with Crippen LogP contribution in [0.15, 0.2) is 54.6 Å². The van der Waals surface area contributed by atoms with Crippen molar-refractivity contribution in [2.75, 3.05) is 16.8 Å². The maximum absolute atomic E-state index is 12.6.